The summed E-state index contributed by atoms with van der Waals surface area (Å²) >= 11 is 1.31. The van der Waals surface area contributed by atoms with Crippen molar-refractivity contribution in [1.29, 1.82) is 0 Å². The van der Waals surface area contributed by atoms with Gasteiger partial charge in [-0.1, -0.05) is 0 Å². The van der Waals surface area contributed by atoms with Crippen LogP contribution < -0.4 is 5.32 Å². The fraction of sp³-hybridized carbons (Fsp3) is 0.533. The first-order chi connectivity index (χ1) is 9.98. The van der Waals surface area contributed by atoms with E-state index in [1.807, 2.05) is 0 Å². The number of nitrogens with one attached hydrogen (secondary N) is 1. The molecule has 1 aromatic rings. The molecule has 2 atom stereocenters. The number of halogens is 2. The van der Waals surface area contributed by atoms with E-state index in [-0.39, 0.29) is 5.25 Å². The second kappa shape index (κ2) is 5.57. The van der Waals surface area contributed by atoms with Gasteiger partial charge >= 0.3 is 5.97 Å². The number of thioether (sulfide) groups is 1. The average Bonchev–Trinajstić information content (AvgIpc) is 3.12. The number of benzene rings is 1. The van der Waals surface area contributed by atoms with Gasteiger partial charge in [-0.25, -0.2) is 8.78 Å². The molecule has 6 heteroatoms. The van der Waals surface area contributed by atoms with Crippen LogP contribution >= 0.6 is 11.8 Å². The van der Waals surface area contributed by atoms with E-state index in [9.17, 15) is 18.7 Å². The second-order valence-electron chi connectivity index (χ2n) is 5.86. The summed E-state index contributed by atoms with van der Waals surface area (Å²) in [5, 5.41) is 12.8. The molecule has 1 aromatic carbocycles. The van der Waals surface area contributed by atoms with E-state index >= 15 is 0 Å². The molecule has 0 bridgehead atoms. The molecule has 0 spiro atoms. The van der Waals surface area contributed by atoms with Crippen LogP contribution in [0.25, 0.3) is 0 Å². The SMILES string of the molecule is O=C(O)C1(NC2CC2)CCC(Sc2ccc(F)cc2F)C1. The van der Waals surface area contributed by atoms with Gasteiger partial charge in [0, 0.05) is 22.3 Å². The zero-order valence-electron chi connectivity index (χ0n) is 11.4. The van der Waals surface area contributed by atoms with E-state index < -0.39 is 23.1 Å². The van der Waals surface area contributed by atoms with Gasteiger partial charge in [-0.05, 0) is 44.2 Å². The maximum Gasteiger partial charge on any atom is 0.323 e. The van der Waals surface area contributed by atoms with Crippen LogP contribution in [0.15, 0.2) is 23.1 Å². The molecule has 0 aromatic heterocycles. The predicted molar refractivity (Wildman–Crippen MR) is 76.4 cm³/mol. The number of aliphatic carboxylic acids is 1. The van der Waals surface area contributed by atoms with Gasteiger partial charge in [-0.15, -0.1) is 11.8 Å². The van der Waals surface area contributed by atoms with Crippen LogP contribution in [-0.2, 0) is 4.79 Å². The summed E-state index contributed by atoms with van der Waals surface area (Å²) in [6.07, 6.45) is 3.80. The van der Waals surface area contributed by atoms with Gasteiger partial charge in [0.15, 0.2) is 0 Å². The molecule has 114 valence electrons. The van der Waals surface area contributed by atoms with Gasteiger partial charge in [-0.3, -0.25) is 10.1 Å². The van der Waals surface area contributed by atoms with Crippen LogP contribution in [0, 0.1) is 11.6 Å². The van der Waals surface area contributed by atoms with Crippen LogP contribution in [0.3, 0.4) is 0 Å². The number of hydrogen-bond donors (Lipinski definition) is 2. The molecule has 0 saturated heterocycles. The number of hydrogen-bond acceptors (Lipinski definition) is 3. The minimum atomic E-state index is -0.880. The van der Waals surface area contributed by atoms with Crippen molar-refractivity contribution in [2.75, 3.05) is 0 Å². The lowest BCUT2D eigenvalue weighted by Crippen LogP contribution is -2.51. The van der Waals surface area contributed by atoms with E-state index in [1.54, 1.807) is 0 Å². The topological polar surface area (TPSA) is 49.3 Å². The lowest BCUT2D eigenvalue weighted by atomic mass is 9.98. The van der Waals surface area contributed by atoms with E-state index in [0.29, 0.717) is 30.2 Å². The fourth-order valence-corrected chi connectivity index (χ4v) is 4.14. The third kappa shape index (κ3) is 3.21. The van der Waals surface area contributed by atoms with Crippen LogP contribution in [0.1, 0.15) is 32.1 Å². The van der Waals surface area contributed by atoms with Crippen LogP contribution in [0.5, 0.6) is 0 Å². The maximum absolute atomic E-state index is 13.7. The highest BCUT2D eigenvalue weighted by molar-refractivity contribution is 8.00. The van der Waals surface area contributed by atoms with Crippen molar-refractivity contribution in [2.45, 2.75) is 53.8 Å². The Kier molecular flexibility index (Phi) is 3.92. The Labute approximate surface area is 126 Å². The maximum atomic E-state index is 13.7. The van der Waals surface area contributed by atoms with E-state index in [4.69, 9.17) is 0 Å². The van der Waals surface area contributed by atoms with Gasteiger partial charge in [0.1, 0.15) is 17.2 Å². The Hall–Kier alpha value is -1.14. The standard InChI is InChI=1S/C15H17F2NO2S/c16-9-1-4-13(12(17)7-9)21-11-5-6-15(8-11,14(19)20)18-10-2-3-10/h1,4,7,10-11,18H,2-3,5-6,8H2,(H,19,20). The number of carboxylic acids is 1. The average molecular weight is 313 g/mol. The quantitative estimate of drug-likeness (QED) is 0.876. The first kappa shape index (κ1) is 14.8. The highest BCUT2D eigenvalue weighted by atomic mass is 32.2. The molecule has 2 unspecified atom stereocenters. The normalized spacial score (nSPS) is 28.8. The molecule has 3 nitrogen and oxygen atoms in total. The van der Waals surface area contributed by atoms with Gasteiger partial charge in [-0.2, -0.15) is 0 Å². The summed E-state index contributed by atoms with van der Waals surface area (Å²) in [6.45, 7) is 0. The number of carboxylic acid groups (broad SMARTS) is 1. The van der Waals surface area contributed by atoms with Crippen molar-refractivity contribution in [1.82, 2.24) is 5.32 Å². The third-order valence-electron chi connectivity index (χ3n) is 4.12. The lowest BCUT2D eigenvalue weighted by Gasteiger charge is -2.26. The Morgan fingerprint density at radius 2 is 2.10 bits per heavy atom. The van der Waals surface area contributed by atoms with Crippen molar-refractivity contribution in [2.24, 2.45) is 0 Å². The van der Waals surface area contributed by atoms with Gasteiger partial charge in [0.2, 0.25) is 0 Å². The largest absolute Gasteiger partial charge is 0.480 e. The molecule has 0 aliphatic heterocycles. The van der Waals surface area contributed by atoms with Crippen molar-refractivity contribution in [3.05, 3.63) is 29.8 Å². The molecule has 2 saturated carbocycles. The molecule has 2 fully saturated rings. The molecular formula is C15H17F2NO2S. The minimum absolute atomic E-state index is 0.0345. The van der Waals surface area contributed by atoms with Crippen molar-refractivity contribution >= 4 is 17.7 Å². The first-order valence-electron chi connectivity index (χ1n) is 7.11. The zero-order valence-corrected chi connectivity index (χ0v) is 12.3. The number of rotatable bonds is 5. The van der Waals surface area contributed by atoms with Crippen molar-refractivity contribution in [3.63, 3.8) is 0 Å². The Morgan fingerprint density at radius 1 is 1.33 bits per heavy atom. The fourth-order valence-electron chi connectivity index (χ4n) is 2.86. The number of carbonyl (C=O) groups is 1. The van der Waals surface area contributed by atoms with Gasteiger partial charge in [0.05, 0.1) is 0 Å². The third-order valence-corrected chi connectivity index (χ3v) is 5.44. The van der Waals surface area contributed by atoms with Crippen molar-refractivity contribution in [3.8, 4) is 0 Å². The molecule has 0 amide bonds. The monoisotopic (exact) mass is 313 g/mol. The zero-order chi connectivity index (χ0) is 15.0. The van der Waals surface area contributed by atoms with E-state index in [2.05, 4.69) is 5.32 Å². The summed E-state index contributed by atoms with van der Waals surface area (Å²) in [7, 11) is 0. The summed E-state index contributed by atoms with van der Waals surface area (Å²) in [6, 6.07) is 3.83. The van der Waals surface area contributed by atoms with E-state index in [0.717, 1.165) is 18.9 Å². The molecular weight excluding hydrogens is 296 g/mol. The van der Waals surface area contributed by atoms with Crippen LogP contribution in [0.4, 0.5) is 8.78 Å². The molecule has 2 aliphatic rings. The van der Waals surface area contributed by atoms with Crippen LogP contribution in [0.2, 0.25) is 0 Å². The minimum Gasteiger partial charge on any atom is -0.480 e. The van der Waals surface area contributed by atoms with Gasteiger partial charge < -0.3 is 5.11 Å². The molecule has 0 radical (unpaired) electrons. The summed E-state index contributed by atoms with van der Waals surface area (Å²) in [5.41, 5.74) is -0.880. The van der Waals surface area contributed by atoms with E-state index in [1.165, 1.54) is 23.9 Å². The van der Waals surface area contributed by atoms with Crippen LogP contribution in [-0.4, -0.2) is 27.9 Å². The summed E-state index contributed by atoms with van der Waals surface area (Å²) < 4.78 is 26.6. The van der Waals surface area contributed by atoms with Gasteiger partial charge in [0.25, 0.3) is 0 Å². The Balaban J connectivity index is 1.69. The predicted octanol–water partition coefficient (Wildman–Crippen LogP) is 3.18. The molecule has 2 N–H and O–H groups in total. The first-order valence-corrected chi connectivity index (χ1v) is 7.99. The highest BCUT2D eigenvalue weighted by Crippen LogP contribution is 2.42. The lowest BCUT2D eigenvalue weighted by molar-refractivity contribution is -0.144. The molecule has 3 rings (SSSR count). The Bertz CT molecular complexity index is 565. The van der Waals surface area contributed by atoms with Crippen molar-refractivity contribution < 1.29 is 18.7 Å². The Morgan fingerprint density at radius 3 is 2.71 bits per heavy atom. The molecule has 0 heterocycles. The molecule has 21 heavy (non-hydrogen) atoms. The second-order valence-corrected chi connectivity index (χ2v) is 7.21. The highest BCUT2D eigenvalue weighted by Gasteiger charge is 2.48. The summed E-state index contributed by atoms with van der Waals surface area (Å²) in [4.78, 5) is 12.0. The smallest absolute Gasteiger partial charge is 0.323 e. The molecule has 2 aliphatic carbocycles. The summed E-state index contributed by atoms with van der Waals surface area (Å²) in [5.74, 6) is -2.00.